The van der Waals surface area contributed by atoms with Gasteiger partial charge in [-0.25, -0.2) is 0 Å². The number of amides is 1. The van der Waals surface area contributed by atoms with Crippen LogP contribution in [0.25, 0.3) is 0 Å². The molecular formula is C24H34N3O+. The molecule has 150 valence electrons. The number of carbonyl (C=O) groups is 1. The van der Waals surface area contributed by atoms with Crippen LogP contribution >= 0.6 is 0 Å². The lowest BCUT2D eigenvalue weighted by molar-refractivity contribution is -0.892. The van der Waals surface area contributed by atoms with Crippen molar-refractivity contribution in [3.63, 3.8) is 0 Å². The number of hydrogen-bond donors (Lipinski definition) is 2. The minimum Gasteiger partial charge on any atom is -0.360 e. The molecule has 4 heteroatoms. The average molecular weight is 381 g/mol. The van der Waals surface area contributed by atoms with Crippen LogP contribution in [-0.2, 0) is 4.79 Å². The van der Waals surface area contributed by atoms with Crippen LogP contribution in [0.2, 0.25) is 0 Å². The van der Waals surface area contributed by atoms with Crippen LogP contribution in [0.5, 0.6) is 0 Å². The van der Waals surface area contributed by atoms with Gasteiger partial charge in [0.05, 0.1) is 32.2 Å². The van der Waals surface area contributed by atoms with Crippen LogP contribution in [0.15, 0.2) is 48.5 Å². The number of nitrogens with one attached hydrogen (secondary N) is 2. The number of piperazine rings is 1. The first kappa shape index (κ1) is 20.4. The van der Waals surface area contributed by atoms with E-state index < -0.39 is 0 Å². The third kappa shape index (κ3) is 5.14. The lowest BCUT2D eigenvalue weighted by Crippen LogP contribution is -3.16. The SMILES string of the molecule is CCC[C@@H](NC(=O)C[NH+]1CCN(c2cccc(C)c2C)CC1)c1ccccc1. The zero-order chi connectivity index (χ0) is 19.9. The van der Waals surface area contributed by atoms with Crippen molar-refractivity contribution in [2.24, 2.45) is 0 Å². The second-order valence-corrected chi connectivity index (χ2v) is 7.95. The second kappa shape index (κ2) is 9.74. The molecule has 1 amide bonds. The highest BCUT2D eigenvalue weighted by Gasteiger charge is 2.24. The number of quaternary nitrogens is 1. The van der Waals surface area contributed by atoms with E-state index in [0.29, 0.717) is 6.54 Å². The van der Waals surface area contributed by atoms with E-state index in [9.17, 15) is 4.79 Å². The summed E-state index contributed by atoms with van der Waals surface area (Å²) in [5.74, 6) is 0.164. The Kier molecular flexibility index (Phi) is 7.10. The summed E-state index contributed by atoms with van der Waals surface area (Å²) in [4.78, 5) is 16.5. The fourth-order valence-electron chi connectivity index (χ4n) is 4.09. The van der Waals surface area contributed by atoms with Crippen molar-refractivity contribution in [3.8, 4) is 0 Å². The van der Waals surface area contributed by atoms with E-state index in [0.717, 1.165) is 39.0 Å². The first-order valence-corrected chi connectivity index (χ1v) is 10.6. The van der Waals surface area contributed by atoms with Crippen molar-refractivity contribution in [2.75, 3.05) is 37.6 Å². The van der Waals surface area contributed by atoms with Crippen molar-refractivity contribution >= 4 is 11.6 Å². The number of aryl methyl sites for hydroxylation is 1. The maximum absolute atomic E-state index is 12.7. The molecule has 0 aromatic heterocycles. The lowest BCUT2D eigenvalue weighted by Gasteiger charge is -2.34. The smallest absolute Gasteiger partial charge is 0.275 e. The zero-order valence-corrected chi connectivity index (χ0v) is 17.5. The van der Waals surface area contributed by atoms with Crippen LogP contribution in [0.1, 0.15) is 42.5 Å². The van der Waals surface area contributed by atoms with Gasteiger partial charge in [-0.05, 0) is 43.0 Å². The Hall–Kier alpha value is -2.33. The van der Waals surface area contributed by atoms with Gasteiger partial charge in [0.25, 0.3) is 5.91 Å². The molecule has 2 aromatic rings. The molecule has 0 unspecified atom stereocenters. The van der Waals surface area contributed by atoms with E-state index in [4.69, 9.17) is 0 Å². The predicted molar refractivity (Wildman–Crippen MR) is 116 cm³/mol. The van der Waals surface area contributed by atoms with Gasteiger partial charge in [-0.3, -0.25) is 4.79 Å². The van der Waals surface area contributed by atoms with E-state index in [2.05, 4.69) is 61.3 Å². The Bertz CT molecular complexity index is 767. The van der Waals surface area contributed by atoms with Crippen LogP contribution in [-0.4, -0.2) is 38.6 Å². The van der Waals surface area contributed by atoms with Crippen molar-refractivity contribution in [1.29, 1.82) is 0 Å². The number of carbonyl (C=O) groups excluding carboxylic acids is 1. The van der Waals surface area contributed by atoms with E-state index in [1.165, 1.54) is 27.3 Å². The minimum absolute atomic E-state index is 0.120. The maximum Gasteiger partial charge on any atom is 0.275 e. The molecule has 1 aliphatic heterocycles. The summed E-state index contributed by atoms with van der Waals surface area (Å²) >= 11 is 0. The number of anilines is 1. The minimum atomic E-state index is 0.120. The first-order valence-electron chi connectivity index (χ1n) is 10.6. The Morgan fingerprint density at radius 2 is 1.79 bits per heavy atom. The number of hydrogen-bond acceptors (Lipinski definition) is 2. The standard InChI is InChI=1S/C24H33N3O/c1-4-9-22(21-11-6-5-7-12-21)25-24(28)18-26-14-16-27(17-15-26)23-13-8-10-19(2)20(23)3/h5-8,10-13,22H,4,9,14-18H2,1-3H3,(H,25,28)/p+1/t22-/m1/s1. The number of nitrogens with zero attached hydrogens (tertiary/aromatic N) is 1. The third-order valence-corrected chi connectivity index (χ3v) is 5.91. The largest absolute Gasteiger partial charge is 0.360 e. The predicted octanol–water partition coefficient (Wildman–Crippen LogP) is 2.67. The summed E-state index contributed by atoms with van der Waals surface area (Å²) in [6, 6.07) is 17.0. The maximum atomic E-state index is 12.7. The summed E-state index contributed by atoms with van der Waals surface area (Å²) < 4.78 is 0. The highest BCUT2D eigenvalue weighted by molar-refractivity contribution is 5.77. The zero-order valence-electron chi connectivity index (χ0n) is 17.5. The van der Waals surface area contributed by atoms with E-state index in [1.807, 2.05) is 18.2 Å². The molecule has 0 bridgehead atoms. The molecule has 2 aromatic carbocycles. The molecule has 1 aliphatic rings. The number of rotatable bonds is 7. The fraction of sp³-hybridized carbons (Fsp3) is 0.458. The monoisotopic (exact) mass is 380 g/mol. The molecular weight excluding hydrogens is 346 g/mol. The van der Waals surface area contributed by atoms with Crippen LogP contribution < -0.4 is 15.1 Å². The van der Waals surface area contributed by atoms with E-state index >= 15 is 0 Å². The lowest BCUT2D eigenvalue weighted by atomic mass is 10.0. The molecule has 1 fully saturated rings. The van der Waals surface area contributed by atoms with Gasteiger partial charge in [0, 0.05) is 5.69 Å². The van der Waals surface area contributed by atoms with Crippen molar-refractivity contribution in [2.45, 2.75) is 39.7 Å². The topological polar surface area (TPSA) is 36.8 Å². The summed E-state index contributed by atoms with van der Waals surface area (Å²) in [6.45, 7) is 11.1. The summed E-state index contributed by atoms with van der Waals surface area (Å²) in [5.41, 5.74) is 5.26. The molecule has 1 heterocycles. The molecule has 0 aliphatic carbocycles. The van der Waals surface area contributed by atoms with Gasteiger partial charge < -0.3 is 15.1 Å². The molecule has 1 saturated heterocycles. The average Bonchev–Trinajstić information content (AvgIpc) is 2.71. The molecule has 4 nitrogen and oxygen atoms in total. The van der Waals surface area contributed by atoms with Crippen LogP contribution in [0.3, 0.4) is 0 Å². The molecule has 0 spiro atoms. The van der Waals surface area contributed by atoms with Gasteiger partial charge in [-0.1, -0.05) is 55.8 Å². The summed E-state index contributed by atoms with van der Waals surface area (Å²) in [6.07, 6.45) is 2.03. The molecule has 2 N–H and O–H groups in total. The van der Waals surface area contributed by atoms with Crippen molar-refractivity contribution < 1.29 is 9.69 Å². The van der Waals surface area contributed by atoms with Crippen LogP contribution in [0, 0.1) is 13.8 Å². The third-order valence-electron chi connectivity index (χ3n) is 5.91. The Labute approximate surface area is 169 Å². The molecule has 3 rings (SSSR count). The normalized spacial score (nSPS) is 16.0. The van der Waals surface area contributed by atoms with Crippen molar-refractivity contribution in [3.05, 3.63) is 65.2 Å². The molecule has 1 atom stereocenters. The van der Waals surface area contributed by atoms with E-state index in [1.54, 1.807) is 0 Å². The highest BCUT2D eigenvalue weighted by Crippen LogP contribution is 2.22. The quantitative estimate of drug-likeness (QED) is 0.775. The summed E-state index contributed by atoms with van der Waals surface area (Å²) in [5, 5.41) is 3.27. The van der Waals surface area contributed by atoms with Gasteiger partial charge in [-0.15, -0.1) is 0 Å². The Morgan fingerprint density at radius 1 is 1.07 bits per heavy atom. The fourth-order valence-corrected chi connectivity index (χ4v) is 4.09. The van der Waals surface area contributed by atoms with Crippen molar-refractivity contribution in [1.82, 2.24) is 5.32 Å². The molecule has 0 radical (unpaired) electrons. The number of benzene rings is 2. The Balaban J connectivity index is 1.52. The van der Waals surface area contributed by atoms with Gasteiger partial charge in [0.2, 0.25) is 0 Å². The highest BCUT2D eigenvalue weighted by atomic mass is 16.2. The second-order valence-electron chi connectivity index (χ2n) is 7.95. The first-order chi connectivity index (χ1) is 13.6. The van der Waals surface area contributed by atoms with Gasteiger partial charge >= 0.3 is 0 Å². The summed E-state index contributed by atoms with van der Waals surface area (Å²) in [7, 11) is 0. The van der Waals surface area contributed by atoms with Gasteiger partial charge in [0.1, 0.15) is 0 Å². The van der Waals surface area contributed by atoms with Gasteiger partial charge in [0.15, 0.2) is 6.54 Å². The Morgan fingerprint density at radius 3 is 2.46 bits per heavy atom. The van der Waals surface area contributed by atoms with Gasteiger partial charge in [-0.2, -0.15) is 0 Å². The molecule has 28 heavy (non-hydrogen) atoms. The molecule has 0 saturated carbocycles. The van der Waals surface area contributed by atoms with E-state index in [-0.39, 0.29) is 11.9 Å². The van der Waals surface area contributed by atoms with Crippen LogP contribution in [0.4, 0.5) is 5.69 Å².